The lowest BCUT2D eigenvalue weighted by Crippen LogP contribution is -2.30. The lowest BCUT2D eigenvalue weighted by atomic mass is 9.93. The highest BCUT2D eigenvalue weighted by molar-refractivity contribution is 5.10. The van der Waals surface area contributed by atoms with Gasteiger partial charge >= 0.3 is 0 Å². The molecule has 0 saturated carbocycles. The summed E-state index contributed by atoms with van der Waals surface area (Å²) in [4.78, 5) is 0. The van der Waals surface area contributed by atoms with E-state index in [1.54, 1.807) is 0 Å². The summed E-state index contributed by atoms with van der Waals surface area (Å²) in [5.41, 5.74) is 1.48. The smallest absolute Gasteiger partial charge is 0.0106 e. The Labute approximate surface area is 79.9 Å². The number of nitrogens with one attached hydrogen (secondary N) is 1. The van der Waals surface area contributed by atoms with E-state index in [4.69, 9.17) is 0 Å². The van der Waals surface area contributed by atoms with Crippen LogP contribution in [0.15, 0.2) is 18.5 Å². The molecule has 1 atom stereocenters. The summed E-state index contributed by atoms with van der Waals surface area (Å²) in [5, 5.41) is 3.46. The van der Waals surface area contributed by atoms with E-state index in [2.05, 4.69) is 35.4 Å². The van der Waals surface area contributed by atoms with Gasteiger partial charge in [-0.15, -0.1) is 0 Å². The van der Waals surface area contributed by atoms with Crippen LogP contribution >= 0.6 is 0 Å². The monoisotopic (exact) mass is 178 g/mol. The van der Waals surface area contributed by atoms with Crippen LogP contribution in [0.2, 0.25) is 0 Å². The second kappa shape index (κ2) is 3.97. The van der Waals surface area contributed by atoms with Gasteiger partial charge < -0.3 is 9.88 Å². The fourth-order valence-corrected chi connectivity index (χ4v) is 2.11. The third kappa shape index (κ3) is 2.34. The molecule has 0 spiro atoms. The summed E-state index contributed by atoms with van der Waals surface area (Å²) in [6, 6.07) is 2.23. The Kier molecular flexibility index (Phi) is 2.69. The molecule has 1 aromatic rings. The molecular formula is C11H18N2. The highest BCUT2D eigenvalue weighted by atomic mass is 14.9. The third-order valence-corrected chi connectivity index (χ3v) is 2.82. The fraction of sp³-hybridized carbons (Fsp3) is 0.636. The zero-order chi connectivity index (χ0) is 9.10. The van der Waals surface area contributed by atoms with Gasteiger partial charge in [-0.25, -0.2) is 0 Å². The van der Waals surface area contributed by atoms with Gasteiger partial charge in [0.15, 0.2) is 0 Å². The van der Waals surface area contributed by atoms with Crippen LogP contribution in [0.3, 0.4) is 0 Å². The summed E-state index contributed by atoms with van der Waals surface area (Å²) < 4.78 is 2.13. The van der Waals surface area contributed by atoms with Crippen molar-refractivity contribution in [2.24, 2.45) is 13.0 Å². The van der Waals surface area contributed by atoms with Crippen molar-refractivity contribution in [3.63, 3.8) is 0 Å². The van der Waals surface area contributed by atoms with Crippen LogP contribution in [-0.2, 0) is 13.5 Å². The molecule has 1 aliphatic rings. The van der Waals surface area contributed by atoms with Gasteiger partial charge in [0, 0.05) is 19.4 Å². The second-order valence-corrected chi connectivity index (χ2v) is 4.10. The molecule has 2 heteroatoms. The normalized spacial score (nSPS) is 23.3. The van der Waals surface area contributed by atoms with Crippen LogP contribution in [0.1, 0.15) is 18.4 Å². The molecule has 0 aliphatic carbocycles. The minimum atomic E-state index is 0.858. The first-order valence-electron chi connectivity index (χ1n) is 5.16. The van der Waals surface area contributed by atoms with Gasteiger partial charge in [-0.3, -0.25) is 0 Å². The largest absolute Gasteiger partial charge is 0.357 e. The lowest BCUT2D eigenvalue weighted by molar-refractivity contribution is 0.376. The molecule has 1 unspecified atom stereocenters. The predicted molar refractivity (Wildman–Crippen MR) is 54.7 cm³/mol. The molecule has 1 saturated heterocycles. The van der Waals surface area contributed by atoms with Crippen molar-refractivity contribution in [1.29, 1.82) is 0 Å². The van der Waals surface area contributed by atoms with Gasteiger partial charge in [-0.1, -0.05) is 0 Å². The first-order chi connectivity index (χ1) is 6.34. The summed E-state index contributed by atoms with van der Waals surface area (Å²) >= 11 is 0. The molecule has 1 fully saturated rings. The van der Waals surface area contributed by atoms with Crippen molar-refractivity contribution in [2.75, 3.05) is 13.1 Å². The minimum absolute atomic E-state index is 0.858. The number of aromatic nitrogens is 1. The van der Waals surface area contributed by atoms with Gasteiger partial charge in [-0.2, -0.15) is 0 Å². The van der Waals surface area contributed by atoms with Crippen molar-refractivity contribution in [3.05, 3.63) is 24.0 Å². The predicted octanol–water partition coefficient (Wildman–Crippen LogP) is 1.57. The highest BCUT2D eigenvalue weighted by Gasteiger charge is 2.13. The molecule has 1 N–H and O–H groups in total. The maximum atomic E-state index is 3.46. The molecule has 2 rings (SSSR count). The van der Waals surface area contributed by atoms with E-state index in [-0.39, 0.29) is 0 Å². The molecule has 13 heavy (non-hydrogen) atoms. The quantitative estimate of drug-likeness (QED) is 0.727. The first kappa shape index (κ1) is 8.82. The number of aryl methyl sites for hydroxylation is 1. The Bertz CT molecular complexity index is 259. The van der Waals surface area contributed by atoms with E-state index < -0.39 is 0 Å². The summed E-state index contributed by atoms with van der Waals surface area (Å²) in [7, 11) is 2.09. The Morgan fingerprint density at radius 3 is 3.15 bits per heavy atom. The number of piperidine rings is 1. The van der Waals surface area contributed by atoms with E-state index in [0.29, 0.717) is 0 Å². The molecule has 0 aromatic carbocycles. The summed E-state index contributed by atoms with van der Waals surface area (Å²) in [6.45, 7) is 2.42. The first-order valence-corrected chi connectivity index (χ1v) is 5.16. The topological polar surface area (TPSA) is 17.0 Å². The van der Waals surface area contributed by atoms with E-state index in [1.165, 1.54) is 37.9 Å². The molecule has 0 bridgehead atoms. The maximum Gasteiger partial charge on any atom is 0.0106 e. The van der Waals surface area contributed by atoms with E-state index in [9.17, 15) is 0 Å². The van der Waals surface area contributed by atoms with E-state index in [0.717, 1.165) is 5.92 Å². The molecule has 0 radical (unpaired) electrons. The Balaban J connectivity index is 1.89. The van der Waals surface area contributed by atoms with Crippen molar-refractivity contribution < 1.29 is 0 Å². The number of hydrogen-bond donors (Lipinski definition) is 1. The Morgan fingerprint density at radius 1 is 1.62 bits per heavy atom. The molecular weight excluding hydrogens is 160 g/mol. The van der Waals surface area contributed by atoms with Crippen molar-refractivity contribution in [2.45, 2.75) is 19.3 Å². The van der Waals surface area contributed by atoms with E-state index >= 15 is 0 Å². The average Bonchev–Trinajstić information content (AvgIpc) is 2.53. The van der Waals surface area contributed by atoms with Gasteiger partial charge in [0.1, 0.15) is 0 Å². The van der Waals surface area contributed by atoms with Crippen LogP contribution in [0.4, 0.5) is 0 Å². The number of rotatable bonds is 2. The van der Waals surface area contributed by atoms with Gasteiger partial charge in [0.25, 0.3) is 0 Å². The average molecular weight is 178 g/mol. The highest BCUT2D eigenvalue weighted by Crippen LogP contribution is 2.16. The molecule has 2 heterocycles. The molecule has 72 valence electrons. The molecule has 1 aromatic heterocycles. The van der Waals surface area contributed by atoms with Crippen LogP contribution < -0.4 is 5.32 Å². The van der Waals surface area contributed by atoms with Gasteiger partial charge in [-0.05, 0) is 49.9 Å². The zero-order valence-electron chi connectivity index (χ0n) is 8.29. The van der Waals surface area contributed by atoms with Crippen molar-refractivity contribution in [3.8, 4) is 0 Å². The van der Waals surface area contributed by atoms with Gasteiger partial charge in [0.05, 0.1) is 0 Å². The van der Waals surface area contributed by atoms with Crippen molar-refractivity contribution >= 4 is 0 Å². The summed E-state index contributed by atoms with van der Waals surface area (Å²) in [6.07, 6.45) is 8.34. The van der Waals surface area contributed by atoms with Crippen LogP contribution in [-0.4, -0.2) is 17.7 Å². The van der Waals surface area contributed by atoms with E-state index in [1.807, 2.05) is 0 Å². The van der Waals surface area contributed by atoms with Gasteiger partial charge in [0.2, 0.25) is 0 Å². The SMILES string of the molecule is Cn1ccc(CC2CCCNC2)c1. The number of hydrogen-bond acceptors (Lipinski definition) is 1. The molecule has 1 aliphatic heterocycles. The molecule has 0 amide bonds. The fourth-order valence-electron chi connectivity index (χ4n) is 2.11. The Morgan fingerprint density at radius 2 is 2.54 bits per heavy atom. The minimum Gasteiger partial charge on any atom is -0.357 e. The zero-order valence-corrected chi connectivity index (χ0v) is 8.29. The standard InChI is InChI=1S/C11H18N2/c1-13-6-4-11(9-13)7-10-3-2-5-12-8-10/h4,6,9-10,12H,2-3,5,7-8H2,1H3. The van der Waals surface area contributed by atoms with Crippen LogP contribution in [0, 0.1) is 5.92 Å². The third-order valence-electron chi connectivity index (χ3n) is 2.82. The summed E-state index contributed by atoms with van der Waals surface area (Å²) in [5.74, 6) is 0.858. The number of nitrogens with zero attached hydrogens (tertiary/aromatic N) is 1. The maximum absolute atomic E-state index is 3.46. The van der Waals surface area contributed by atoms with Crippen LogP contribution in [0.25, 0.3) is 0 Å². The van der Waals surface area contributed by atoms with Crippen molar-refractivity contribution in [1.82, 2.24) is 9.88 Å². The van der Waals surface area contributed by atoms with Crippen LogP contribution in [0.5, 0.6) is 0 Å². The Hall–Kier alpha value is -0.760. The second-order valence-electron chi connectivity index (χ2n) is 4.10. The molecule has 2 nitrogen and oxygen atoms in total. The lowest BCUT2D eigenvalue weighted by Gasteiger charge is -2.22.